The molecular weight excluding hydrogens is 328 g/mol. The van der Waals surface area contributed by atoms with E-state index in [0.29, 0.717) is 24.3 Å². The second-order valence-electron chi connectivity index (χ2n) is 7.02. The summed E-state index contributed by atoms with van der Waals surface area (Å²) in [5, 5.41) is 0. The van der Waals surface area contributed by atoms with Crippen LogP contribution in [0, 0.1) is 0 Å². The van der Waals surface area contributed by atoms with Gasteiger partial charge in [-0.3, -0.25) is 4.79 Å². The molecule has 0 bridgehead atoms. The molecule has 5 heteroatoms. The Morgan fingerprint density at radius 1 is 0.808 bits per heavy atom. The van der Waals surface area contributed by atoms with E-state index >= 15 is 0 Å². The summed E-state index contributed by atoms with van der Waals surface area (Å²) in [6, 6.07) is 11.4. The lowest BCUT2D eigenvalue weighted by molar-refractivity contribution is 0.104. The van der Waals surface area contributed by atoms with E-state index in [0.717, 1.165) is 35.7 Å². The monoisotopic (exact) mass is 354 g/mol. The fourth-order valence-corrected chi connectivity index (χ4v) is 2.97. The van der Waals surface area contributed by atoms with Crippen molar-refractivity contribution in [3.8, 4) is 22.6 Å². The molecule has 0 unspecified atom stereocenters. The highest BCUT2D eigenvalue weighted by Crippen LogP contribution is 2.43. The van der Waals surface area contributed by atoms with Crippen LogP contribution in [0.25, 0.3) is 11.1 Å². The van der Waals surface area contributed by atoms with E-state index in [-0.39, 0.29) is 5.78 Å². The van der Waals surface area contributed by atoms with Gasteiger partial charge in [-0.1, -0.05) is 12.1 Å². The van der Waals surface area contributed by atoms with Crippen molar-refractivity contribution in [3.63, 3.8) is 0 Å². The van der Waals surface area contributed by atoms with Crippen LogP contribution >= 0.6 is 0 Å². The fourth-order valence-electron chi connectivity index (χ4n) is 2.97. The molecule has 0 saturated heterocycles. The van der Waals surface area contributed by atoms with Gasteiger partial charge in [-0.25, -0.2) is 0 Å². The molecule has 0 aliphatic heterocycles. The van der Waals surface area contributed by atoms with Crippen molar-refractivity contribution in [1.82, 2.24) is 9.80 Å². The molecule has 2 aromatic carbocycles. The summed E-state index contributed by atoms with van der Waals surface area (Å²) >= 11 is 0. The van der Waals surface area contributed by atoms with Gasteiger partial charge in [0.15, 0.2) is 5.78 Å². The van der Waals surface area contributed by atoms with Crippen LogP contribution in [0.4, 0.5) is 0 Å². The Morgan fingerprint density at radius 2 is 1.50 bits per heavy atom. The van der Waals surface area contributed by atoms with Gasteiger partial charge in [0.2, 0.25) is 0 Å². The molecule has 0 spiro atoms. The highest BCUT2D eigenvalue weighted by molar-refractivity contribution is 6.22. The number of hydrogen-bond acceptors (Lipinski definition) is 5. The van der Waals surface area contributed by atoms with Crippen molar-refractivity contribution in [2.24, 2.45) is 0 Å². The van der Waals surface area contributed by atoms with E-state index in [2.05, 4.69) is 9.80 Å². The van der Waals surface area contributed by atoms with Crippen LogP contribution in [0.5, 0.6) is 11.5 Å². The number of rotatable bonds is 8. The molecule has 3 rings (SSSR count). The van der Waals surface area contributed by atoms with Gasteiger partial charge in [-0.2, -0.15) is 0 Å². The quantitative estimate of drug-likeness (QED) is 0.622. The summed E-state index contributed by atoms with van der Waals surface area (Å²) in [6.45, 7) is 2.82. The van der Waals surface area contributed by atoms with E-state index in [1.807, 2.05) is 64.6 Å². The highest BCUT2D eigenvalue weighted by Gasteiger charge is 2.29. The van der Waals surface area contributed by atoms with E-state index in [1.165, 1.54) is 0 Å². The number of hydrogen-bond donors (Lipinski definition) is 0. The zero-order valence-corrected chi connectivity index (χ0v) is 15.9. The Bertz CT molecular complexity index is 800. The third-order valence-corrected chi connectivity index (χ3v) is 4.38. The Morgan fingerprint density at radius 3 is 2.19 bits per heavy atom. The molecule has 2 aromatic rings. The summed E-state index contributed by atoms with van der Waals surface area (Å²) in [4.78, 5) is 17.0. The van der Waals surface area contributed by atoms with Gasteiger partial charge in [0.05, 0.1) is 0 Å². The summed E-state index contributed by atoms with van der Waals surface area (Å²) < 4.78 is 11.7. The molecule has 0 N–H and O–H groups in total. The van der Waals surface area contributed by atoms with E-state index in [4.69, 9.17) is 9.47 Å². The number of carbonyl (C=O) groups is 1. The molecular formula is C21H26N2O3. The molecule has 138 valence electrons. The predicted molar refractivity (Wildman–Crippen MR) is 103 cm³/mol. The van der Waals surface area contributed by atoms with Crippen LogP contribution in [0.15, 0.2) is 36.4 Å². The van der Waals surface area contributed by atoms with Gasteiger partial charge in [-0.05, 0) is 58.0 Å². The van der Waals surface area contributed by atoms with Gasteiger partial charge < -0.3 is 19.3 Å². The van der Waals surface area contributed by atoms with Crippen molar-refractivity contribution in [3.05, 3.63) is 47.5 Å². The number of nitrogens with zero attached hydrogens (tertiary/aromatic N) is 2. The first-order valence-corrected chi connectivity index (χ1v) is 8.84. The first-order valence-electron chi connectivity index (χ1n) is 8.84. The fraction of sp³-hybridized carbons (Fsp3) is 0.381. The van der Waals surface area contributed by atoms with Gasteiger partial charge in [0.25, 0.3) is 0 Å². The normalized spacial score (nSPS) is 12.5. The molecule has 0 radical (unpaired) electrons. The third kappa shape index (κ3) is 3.89. The summed E-state index contributed by atoms with van der Waals surface area (Å²) in [5.74, 6) is 1.52. The van der Waals surface area contributed by atoms with Crippen LogP contribution in [-0.2, 0) is 0 Å². The number of benzene rings is 2. The minimum Gasteiger partial charge on any atom is -0.492 e. The van der Waals surface area contributed by atoms with Crippen LogP contribution in [0.3, 0.4) is 0 Å². The van der Waals surface area contributed by atoms with Gasteiger partial charge >= 0.3 is 0 Å². The molecule has 0 atom stereocenters. The Hall–Kier alpha value is -2.37. The summed E-state index contributed by atoms with van der Waals surface area (Å²) in [6.07, 6.45) is 0. The SMILES string of the molecule is CN(C)CCOc1ccc2c(c1)C(=O)c1cccc(OCCN(C)C)c1-2. The second-order valence-corrected chi connectivity index (χ2v) is 7.02. The van der Waals surface area contributed by atoms with Crippen molar-refractivity contribution < 1.29 is 14.3 Å². The predicted octanol–water partition coefficient (Wildman–Crippen LogP) is 2.78. The molecule has 0 aromatic heterocycles. The topological polar surface area (TPSA) is 42.0 Å². The molecule has 0 saturated carbocycles. The van der Waals surface area contributed by atoms with Crippen molar-refractivity contribution in [2.45, 2.75) is 0 Å². The van der Waals surface area contributed by atoms with Crippen molar-refractivity contribution >= 4 is 5.78 Å². The largest absolute Gasteiger partial charge is 0.492 e. The van der Waals surface area contributed by atoms with Crippen LogP contribution in [-0.4, -0.2) is 70.1 Å². The zero-order valence-electron chi connectivity index (χ0n) is 15.9. The molecule has 26 heavy (non-hydrogen) atoms. The van der Waals surface area contributed by atoms with Gasteiger partial charge in [0, 0.05) is 29.8 Å². The lowest BCUT2D eigenvalue weighted by Gasteiger charge is -2.14. The average molecular weight is 354 g/mol. The maximum Gasteiger partial charge on any atom is 0.194 e. The molecule has 5 nitrogen and oxygen atoms in total. The van der Waals surface area contributed by atoms with Crippen LogP contribution in [0.1, 0.15) is 15.9 Å². The van der Waals surface area contributed by atoms with Gasteiger partial charge in [-0.15, -0.1) is 0 Å². The van der Waals surface area contributed by atoms with E-state index < -0.39 is 0 Å². The van der Waals surface area contributed by atoms with Gasteiger partial charge in [0.1, 0.15) is 24.7 Å². The second kappa shape index (κ2) is 7.89. The Labute approximate surface area is 155 Å². The number of likely N-dealkylation sites (N-methyl/N-ethyl adjacent to an activating group) is 2. The molecule has 0 fully saturated rings. The maximum absolute atomic E-state index is 12.8. The first-order chi connectivity index (χ1) is 12.5. The Kier molecular flexibility index (Phi) is 5.59. The standard InChI is InChI=1S/C21H26N2O3/c1-22(2)10-12-25-15-8-9-16-18(14-15)21(24)17-6-5-7-19(20(16)17)26-13-11-23(3)4/h5-9,14H,10-13H2,1-4H3. The molecule has 0 amide bonds. The number of ether oxygens (including phenoxy) is 2. The number of fused-ring (bicyclic) bond motifs is 3. The summed E-state index contributed by atoms with van der Waals surface area (Å²) in [5.41, 5.74) is 3.20. The maximum atomic E-state index is 12.8. The van der Waals surface area contributed by atoms with Crippen LogP contribution < -0.4 is 9.47 Å². The van der Waals surface area contributed by atoms with E-state index in [9.17, 15) is 4.79 Å². The average Bonchev–Trinajstić information content (AvgIpc) is 2.88. The Balaban J connectivity index is 1.84. The van der Waals surface area contributed by atoms with Crippen molar-refractivity contribution in [2.75, 3.05) is 54.5 Å². The number of ketones is 1. The number of carbonyl (C=O) groups excluding carboxylic acids is 1. The van der Waals surface area contributed by atoms with Crippen molar-refractivity contribution in [1.29, 1.82) is 0 Å². The summed E-state index contributed by atoms with van der Waals surface area (Å²) in [7, 11) is 8.03. The lowest BCUT2D eigenvalue weighted by atomic mass is 10.0. The lowest BCUT2D eigenvalue weighted by Crippen LogP contribution is -2.19. The smallest absolute Gasteiger partial charge is 0.194 e. The minimum absolute atomic E-state index is 0.0334. The molecule has 0 heterocycles. The third-order valence-electron chi connectivity index (χ3n) is 4.38. The molecule has 1 aliphatic rings. The highest BCUT2D eigenvalue weighted by atomic mass is 16.5. The minimum atomic E-state index is 0.0334. The van der Waals surface area contributed by atoms with Crippen LogP contribution in [0.2, 0.25) is 0 Å². The molecule has 1 aliphatic carbocycles. The zero-order chi connectivity index (χ0) is 18.7. The first kappa shape index (κ1) is 18.4. The van der Waals surface area contributed by atoms with E-state index in [1.54, 1.807) is 0 Å².